The topological polar surface area (TPSA) is 108 Å². The number of halogens is 1. The Morgan fingerprint density at radius 2 is 1.80 bits per heavy atom. The van der Waals surface area contributed by atoms with Crippen molar-refractivity contribution in [3.05, 3.63) is 30.1 Å². The molecule has 2 unspecified atom stereocenters. The van der Waals surface area contributed by atoms with Gasteiger partial charge in [-0.05, 0) is 25.0 Å². The van der Waals surface area contributed by atoms with Gasteiger partial charge in [0, 0.05) is 6.54 Å². The van der Waals surface area contributed by atoms with Gasteiger partial charge in [-0.3, -0.25) is 24.1 Å². The Kier molecular flexibility index (Phi) is 6.77. The van der Waals surface area contributed by atoms with Crippen LogP contribution in [0.1, 0.15) is 32.1 Å². The van der Waals surface area contributed by atoms with E-state index in [2.05, 4.69) is 0 Å². The summed E-state index contributed by atoms with van der Waals surface area (Å²) in [5.74, 6) is -3.73. The highest BCUT2D eigenvalue weighted by atomic mass is 19.1. The van der Waals surface area contributed by atoms with E-state index in [0.29, 0.717) is 12.8 Å². The number of likely N-dealkylation sites (tertiary alicyclic amines) is 1. The molecule has 1 saturated carbocycles. The zero-order valence-electron chi connectivity index (χ0n) is 16.4. The fourth-order valence-corrected chi connectivity index (χ4v) is 3.99. The van der Waals surface area contributed by atoms with Crippen LogP contribution in [-0.4, -0.2) is 48.3 Å². The molecule has 1 aliphatic carbocycles. The maximum Gasteiger partial charge on any atom is 0.326 e. The second-order valence-electron chi connectivity index (χ2n) is 7.33. The summed E-state index contributed by atoms with van der Waals surface area (Å²) in [6, 6.07) is 7.46. The second-order valence-corrected chi connectivity index (χ2v) is 7.33. The number of hydrogen-bond acceptors (Lipinski definition) is 6. The number of fused-ring (bicyclic) bond motifs is 1. The molecule has 9 heteroatoms. The van der Waals surface area contributed by atoms with Crippen molar-refractivity contribution in [3.63, 3.8) is 0 Å². The van der Waals surface area contributed by atoms with Gasteiger partial charge in [-0.15, -0.1) is 0 Å². The number of anilines is 1. The van der Waals surface area contributed by atoms with Crippen LogP contribution in [0.15, 0.2) is 24.3 Å². The number of nitrogens with zero attached hydrogens (tertiary/aromatic N) is 3. The quantitative estimate of drug-likeness (QED) is 0.496. The van der Waals surface area contributed by atoms with Crippen LogP contribution < -0.4 is 4.90 Å². The van der Waals surface area contributed by atoms with Gasteiger partial charge in [0.15, 0.2) is 6.61 Å². The molecule has 3 amide bonds. The van der Waals surface area contributed by atoms with E-state index in [1.165, 1.54) is 18.2 Å². The van der Waals surface area contributed by atoms with Crippen LogP contribution in [0, 0.1) is 29.0 Å². The Morgan fingerprint density at radius 3 is 2.40 bits per heavy atom. The van der Waals surface area contributed by atoms with E-state index in [9.17, 15) is 23.6 Å². The van der Waals surface area contributed by atoms with Gasteiger partial charge in [0.05, 0.1) is 30.0 Å². The van der Waals surface area contributed by atoms with Gasteiger partial charge in [0.25, 0.3) is 5.91 Å². The van der Waals surface area contributed by atoms with Crippen molar-refractivity contribution in [2.75, 3.05) is 24.6 Å². The summed E-state index contributed by atoms with van der Waals surface area (Å²) in [6.07, 6.45) is 2.99. The molecule has 0 bridgehead atoms. The first-order valence-electron chi connectivity index (χ1n) is 9.86. The number of imide groups is 1. The van der Waals surface area contributed by atoms with Crippen LogP contribution in [0.2, 0.25) is 0 Å². The highest BCUT2D eigenvalue weighted by Gasteiger charge is 2.48. The average Bonchev–Trinajstić information content (AvgIpc) is 2.99. The molecule has 30 heavy (non-hydrogen) atoms. The molecule has 0 radical (unpaired) electrons. The van der Waals surface area contributed by atoms with E-state index in [4.69, 9.17) is 10.00 Å². The van der Waals surface area contributed by atoms with Crippen molar-refractivity contribution in [1.29, 1.82) is 5.26 Å². The third-order valence-corrected chi connectivity index (χ3v) is 5.47. The fraction of sp³-hybridized carbons (Fsp3) is 0.476. The van der Waals surface area contributed by atoms with Crippen molar-refractivity contribution in [1.82, 2.24) is 4.90 Å². The van der Waals surface area contributed by atoms with Crippen LogP contribution in [0.5, 0.6) is 0 Å². The highest BCUT2D eigenvalue weighted by molar-refractivity contribution is 6.07. The van der Waals surface area contributed by atoms with Crippen LogP contribution >= 0.6 is 0 Å². The molecule has 2 fully saturated rings. The minimum atomic E-state index is -0.891. The number of hydrogen-bond donors (Lipinski definition) is 0. The Balaban J connectivity index is 1.59. The van der Waals surface area contributed by atoms with Crippen LogP contribution in [0.25, 0.3) is 0 Å². The summed E-state index contributed by atoms with van der Waals surface area (Å²) in [4.78, 5) is 51.5. The molecule has 2 atom stereocenters. The summed E-state index contributed by atoms with van der Waals surface area (Å²) in [6.45, 7) is -1.31. The molecule has 0 spiro atoms. The number of para-hydroxylation sites is 1. The zero-order chi connectivity index (χ0) is 21.7. The predicted octanol–water partition coefficient (Wildman–Crippen LogP) is 1.79. The molecule has 1 aliphatic heterocycles. The summed E-state index contributed by atoms with van der Waals surface area (Å²) >= 11 is 0. The molecule has 0 N–H and O–H groups in total. The van der Waals surface area contributed by atoms with E-state index in [0.717, 1.165) is 22.6 Å². The molecule has 1 saturated heterocycles. The predicted molar refractivity (Wildman–Crippen MR) is 102 cm³/mol. The molecule has 1 heterocycles. The number of benzene rings is 1. The number of ether oxygens (including phenoxy) is 1. The summed E-state index contributed by atoms with van der Waals surface area (Å²) in [5.41, 5.74) is -0.0252. The first-order valence-corrected chi connectivity index (χ1v) is 9.86. The van der Waals surface area contributed by atoms with Crippen LogP contribution in [-0.2, 0) is 23.9 Å². The Morgan fingerprint density at radius 1 is 1.17 bits per heavy atom. The lowest BCUT2D eigenvalue weighted by atomic mass is 9.81. The van der Waals surface area contributed by atoms with Gasteiger partial charge in [0.2, 0.25) is 11.8 Å². The molecule has 1 aromatic carbocycles. The van der Waals surface area contributed by atoms with Gasteiger partial charge < -0.3 is 9.64 Å². The van der Waals surface area contributed by atoms with Gasteiger partial charge in [0.1, 0.15) is 12.4 Å². The molecule has 2 aliphatic rings. The SMILES string of the molecule is N#CCCN(C(=O)COC(=O)CN1C(=O)C2CCCCC2C1=O)c1ccccc1F. The van der Waals surface area contributed by atoms with Crippen LogP contribution in [0.4, 0.5) is 10.1 Å². The number of esters is 1. The number of carbonyl (C=O) groups is 4. The van der Waals surface area contributed by atoms with E-state index in [1.807, 2.05) is 6.07 Å². The van der Waals surface area contributed by atoms with Gasteiger partial charge >= 0.3 is 5.97 Å². The van der Waals surface area contributed by atoms with Gasteiger partial charge in [-0.2, -0.15) is 5.26 Å². The lowest BCUT2D eigenvalue weighted by molar-refractivity contribution is -0.154. The number of amides is 3. The number of rotatable bonds is 7. The molecular formula is C21H22FN3O5. The van der Waals surface area contributed by atoms with Gasteiger partial charge in [-0.25, -0.2) is 4.39 Å². The minimum Gasteiger partial charge on any atom is -0.454 e. The average molecular weight is 415 g/mol. The Hall–Kier alpha value is -3.28. The van der Waals surface area contributed by atoms with E-state index in [1.54, 1.807) is 6.07 Å². The summed E-state index contributed by atoms with van der Waals surface area (Å²) < 4.78 is 19.0. The Labute approximate surface area is 173 Å². The maximum atomic E-state index is 14.1. The molecule has 158 valence electrons. The smallest absolute Gasteiger partial charge is 0.326 e. The molecule has 1 aromatic rings. The maximum absolute atomic E-state index is 14.1. The third-order valence-electron chi connectivity index (χ3n) is 5.47. The lowest BCUT2D eigenvalue weighted by Gasteiger charge is -2.22. The van der Waals surface area contributed by atoms with E-state index < -0.39 is 30.8 Å². The Bertz CT molecular complexity index is 873. The number of carbonyl (C=O) groups excluding carboxylic acids is 4. The van der Waals surface area contributed by atoms with Crippen molar-refractivity contribution >= 4 is 29.4 Å². The fourth-order valence-electron chi connectivity index (χ4n) is 3.99. The van der Waals surface area contributed by atoms with Crippen molar-refractivity contribution in [2.45, 2.75) is 32.1 Å². The molecular weight excluding hydrogens is 393 g/mol. The molecule has 0 aromatic heterocycles. The first-order chi connectivity index (χ1) is 14.4. The lowest BCUT2D eigenvalue weighted by Crippen LogP contribution is -2.39. The second kappa shape index (κ2) is 9.48. The largest absolute Gasteiger partial charge is 0.454 e. The summed E-state index contributed by atoms with van der Waals surface area (Å²) in [5, 5.41) is 8.79. The standard InChI is InChI=1S/C21H22FN3O5/c22-16-8-3-4-9-17(16)24(11-5-10-23)18(26)13-30-19(27)12-25-20(28)14-6-1-2-7-15(14)21(25)29/h3-4,8-9,14-15H,1-2,5-7,11-13H2. The highest BCUT2D eigenvalue weighted by Crippen LogP contribution is 2.37. The van der Waals surface area contributed by atoms with Gasteiger partial charge in [-0.1, -0.05) is 25.0 Å². The van der Waals surface area contributed by atoms with Crippen molar-refractivity contribution < 1.29 is 28.3 Å². The minimum absolute atomic E-state index is 0.0252. The molecule has 3 rings (SSSR count). The van der Waals surface area contributed by atoms with E-state index >= 15 is 0 Å². The van der Waals surface area contributed by atoms with Crippen LogP contribution in [0.3, 0.4) is 0 Å². The first kappa shape index (κ1) is 21.4. The van der Waals surface area contributed by atoms with Crippen molar-refractivity contribution in [2.24, 2.45) is 11.8 Å². The normalized spacial score (nSPS) is 20.5. The zero-order valence-corrected chi connectivity index (χ0v) is 16.4. The third kappa shape index (κ3) is 4.48. The molecule has 8 nitrogen and oxygen atoms in total. The monoisotopic (exact) mass is 415 g/mol. The van der Waals surface area contributed by atoms with Crippen molar-refractivity contribution in [3.8, 4) is 6.07 Å². The summed E-state index contributed by atoms with van der Waals surface area (Å²) in [7, 11) is 0. The number of nitriles is 1. The van der Waals surface area contributed by atoms with E-state index in [-0.39, 0.29) is 42.3 Å².